The van der Waals surface area contributed by atoms with Gasteiger partial charge in [0.05, 0.1) is 35.9 Å². The summed E-state index contributed by atoms with van der Waals surface area (Å²) in [7, 11) is 1.84. The molecule has 164 valence electrons. The third kappa shape index (κ3) is 5.67. The predicted molar refractivity (Wildman–Crippen MR) is 125 cm³/mol. The number of benzene rings is 2. The summed E-state index contributed by atoms with van der Waals surface area (Å²) in [5.41, 5.74) is 4.11. The minimum atomic E-state index is -0.551. The summed E-state index contributed by atoms with van der Waals surface area (Å²) in [6, 6.07) is 18.6. The molecule has 33 heavy (non-hydrogen) atoms. The second kappa shape index (κ2) is 10.3. The fraction of sp³-hybridized carbons (Fsp3) is 0.160. The number of nitrogens with one attached hydrogen (secondary N) is 2. The van der Waals surface area contributed by atoms with E-state index in [-0.39, 0.29) is 5.91 Å². The highest BCUT2D eigenvalue weighted by Crippen LogP contribution is 2.18. The Labute approximate surface area is 191 Å². The minimum Gasteiger partial charge on any atom is -0.308 e. The van der Waals surface area contributed by atoms with E-state index in [1.165, 1.54) is 0 Å². The Bertz CT molecular complexity index is 1240. The highest BCUT2D eigenvalue weighted by Gasteiger charge is 2.20. The molecule has 2 N–H and O–H groups in total. The van der Waals surface area contributed by atoms with Gasteiger partial charge in [-0.1, -0.05) is 42.5 Å². The minimum absolute atomic E-state index is 0.218. The topological polar surface area (TPSA) is 109 Å². The van der Waals surface area contributed by atoms with Crippen molar-refractivity contribution >= 4 is 11.7 Å². The zero-order valence-corrected chi connectivity index (χ0v) is 18.1. The molecule has 0 fully saturated rings. The maximum Gasteiger partial charge on any atom is 0.247 e. The van der Waals surface area contributed by atoms with Crippen molar-refractivity contribution in [3.05, 3.63) is 96.1 Å². The Morgan fingerprint density at radius 3 is 2.48 bits per heavy atom. The first-order valence-corrected chi connectivity index (χ1v) is 10.5. The number of carbonyl (C=O) groups is 1. The molecule has 0 radical (unpaired) electrons. The van der Waals surface area contributed by atoms with Crippen molar-refractivity contribution in [1.29, 1.82) is 5.26 Å². The van der Waals surface area contributed by atoms with E-state index >= 15 is 0 Å². The molecule has 0 saturated heterocycles. The summed E-state index contributed by atoms with van der Waals surface area (Å²) in [4.78, 5) is 21.8. The fourth-order valence-corrected chi connectivity index (χ4v) is 3.41. The number of rotatable bonds is 8. The number of amides is 1. The zero-order valence-electron chi connectivity index (χ0n) is 18.1. The average Bonchev–Trinajstić information content (AvgIpc) is 3.29. The molecule has 2 heterocycles. The molecule has 1 atom stereocenters. The molecule has 0 saturated carbocycles. The van der Waals surface area contributed by atoms with Crippen LogP contribution in [0.3, 0.4) is 0 Å². The number of hydrogen-bond donors (Lipinski definition) is 2. The summed E-state index contributed by atoms with van der Waals surface area (Å²) in [6.45, 7) is 0.588. The molecular weight excluding hydrogens is 414 g/mol. The van der Waals surface area contributed by atoms with E-state index in [0.717, 1.165) is 23.1 Å². The first kappa shape index (κ1) is 21.9. The van der Waals surface area contributed by atoms with Crippen LogP contribution in [-0.2, 0) is 18.3 Å². The van der Waals surface area contributed by atoms with E-state index in [4.69, 9.17) is 5.26 Å². The molecule has 1 amide bonds. The lowest BCUT2D eigenvalue weighted by Crippen LogP contribution is -2.34. The Morgan fingerprint density at radius 2 is 1.85 bits per heavy atom. The molecule has 8 nitrogen and oxygen atoms in total. The van der Waals surface area contributed by atoms with Crippen LogP contribution in [0.1, 0.15) is 22.7 Å². The quantitative estimate of drug-likeness (QED) is 0.438. The van der Waals surface area contributed by atoms with E-state index in [9.17, 15) is 4.79 Å². The first-order chi connectivity index (χ1) is 16.1. The fourth-order valence-electron chi connectivity index (χ4n) is 3.41. The lowest BCUT2D eigenvalue weighted by molar-refractivity contribution is -0.118. The molecular formula is C25H23N7O. The van der Waals surface area contributed by atoms with Crippen LogP contribution in [0.5, 0.6) is 0 Å². The lowest BCUT2D eigenvalue weighted by Gasteiger charge is -2.19. The number of nitrogens with zero attached hydrogens (tertiary/aromatic N) is 5. The standard InChI is InChI=1S/C25H23N7O/c1-32-17-21(14-30-32)22-15-29-23(16-28-22)31-25(33)24(20-5-3-2-4-6-20)27-12-11-18-7-9-19(13-26)10-8-18/h2-10,14-17,24,27H,11-12H2,1H3,(H,29,31,33)/t24-/m0/s1. The Kier molecular flexibility index (Phi) is 6.83. The zero-order chi connectivity index (χ0) is 23.0. The molecule has 0 unspecified atom stereocenters. The largest absolute Gasteiger partial charge is 0.308 e. The van der Waals surface area contributed by atoms with Crippen LogP contribution in [0, 0.1) is 11.3 Å². The predicted octanol–water partition coefficient (Wildman–Crippen LogP) is 3.26. The summed E-state index contributed by atoms with van der Waals surface area (Å²) in [5, 5.41) is 19.3. The van der Waals surface area contributed by atoms with Crippen LogP contribution in [0.15, 0.2) is 79.4 Å². The van der Waals surface area contributed by atoms with Crippen LogP contribution in [0.4, 0.5) is 5.82 Å². The smallest absolute Gasteiger partial charge is 0.247 e. The monoisotopic (exact) mass is 437 g/mol. The van der Waals surface area contributed by atoms with Gasteiger partial charge in [-0.25, -0.2) is 4.98 Å². The van der Waals surface area contributed by atoms with Crippen LogP contribution in [0.25, 0.3) is 11.3 Å². The van der Waals surface area contributed by atoms with E-state index in [1.807, 2.05) is 55.7 Å². The van der Waals surface area contributed by atoms with Crippen LogP contribution in [-0.4, -0.2) is 32.2 Å². The van der Waals surface area contributed by atoms with Crippen LogP contribution < -0.4 is 10.6 Å². The molecule has 4 aromatic rings. The van der Waals surface area contributed by atoms with Crippen molar-refractivity contribution in [3.63, 3.8) is 0 Å². The van der Waals surface area contributed by atoms with Crippen molar-refractivity contribution in [1.82, 2.24) is 25.1 Å². The van der Waals surface area contributed by atoms with Gasteiger partial charge in [0.15, 0.2) is 5.82 Å². The second-order valence-corrected chi connectivity index (χ2v) is 7.54. The molecule has 4 rings (SSSR count). The summed E-state index contributed by atoms with van der Waals surface area (Å²) >= 11 is 0. The van der Waals surface area contributed by atoms with Crippen molar-refractivity contribution < 1.29 is 4.79 Å². The molecule has 0 aliphatic heterocycles. The number of anilines is 1. The van der Waals surface area contributed by atoms with Gasteiger partial charge in [0, 0.05) is 25.4 Å². The van der Waals surface area contributed by atoms with Gasteiger partial charge in [-0.2, -0.15) is 10.4 Å². The third-order valence-electron chi connectivity index (χ3n) is 5.14. The number of carbonyl (C=O) groups excluding carboxylic acids is 1. The van der Waals surface area contributed by atoms with Crippen molar-refractivity contribution in [2.75, 3.05) is 11.9 Å². The van der Waals surface area contributed by atoms with Gasteiger partial charge in [0.1, 0.15) is 6.04 Å². The second-order valence-electron chi connectivity index (χ2n) is 7.54. The molecule has 0 spiro atoms. The number of aromatic nitrogens is 4. The maximum atomic E-state index is 13.1. The van der Waals surface area contributed by atoms with Gasteiger partial charge >= 0.3 is 0 Å². The van der Waals surface area contributed by atoms with E-state index in [2.05, 4.69) is 31.8 Å². The first-order valence-electron chi connectivity index (χ1n) is 10.5. The highest BCUT2D eigenvalue weighted by atomic mass is 16.2. The van der Waals surface area contributed by atoms with Gasteiger partial charge < -0.3 is 10.6 Å². The summed E-state index contributed by atoms with van der Waals surface area (Å²) in [5.74, 6) is 0.159. The molecule has 0 bridgehead atoms. The SMILES string of the molecule is Cn1cc(-c2cnc(NC(=O)[C@@H](NCCc3ccc(C#N)cc3)c3ccccc3)cn2)cn1. The Balaban J connectivity index is 1.42. The van der Waals surface area contributed by atoms with Gasteiger partial charge in [-0.05, 0) is 29.7 Å². The Morgan fingerprint density at radius 1 is 1.06 bits per heavy atom. The van der Waals surface area contributed by atoms with Crippen molar-refractivity contribution in [2.45, 2.75) is 12.5 Å². The van der Waals surface area contributed by atoms with Gasteiger partial charge in [-0.15, -0.1) is 0 Å². The maximum absolute atomic E-state index is 13.1. The molecule has 2 aromatic carbocycles. The van der Waals surface area contributed by atoms with Gasteiger partial charge in [0.2, 0.25) is 5.91 Å². The van der Waals surface area contributed by atoms with Crippen LogP contribution >= 0.6 is 0 Å². The molecule has 0 aliphatic carbocycles. The third-order valence-corrected chi connectivity index (χ3v) is 5.14. The normalized spacial score (nSPS) is 11.5. The lowest BCUT2D eigenvalue weighted by atomic mass is 10.1. The van der Waals surface area contributed by atoms with E-state index < -0.39 is 6.04 Å². The summed E-state index contributed by atoms with van der Waals surface area (Å²) < 4.78 is 1.70. The van der Waals surface area contributed by atoms with Gasteiger partial charge in [0.25, 0.3) is 0 Å². The summed E-state index contributed by atoms with van der Waals surface area (Å²) in [6.07, 6.45) is 7.44. The molecule has 8 heteroatoms. The molecule has 2 aromatic heterocycles. The number of nitriles is 1. The molecule has 0 aliphatic rings. The number of hydrogen-bond acceptors (Lipinski definition) is 6. The highest BCUT2D eigenvalue weighted by molar-refractivity contribution is 5.94. The number of aryl methyl sites for hydroxylation is 1. The van der Waals surface area contributed by atoms with Gasteiger partial charge in [-0.3, -0.25) is 14.5 Å². The average molecular weight is 438 g/mol. The Hall–Kier alpha value is -4.35. The van der Waals surface area contributed by atoms with E-state index in [0.29, 0.717) is 23.6 Å². The van der Waals surface area contributed by atoms with Crippen molar-refractivity contribution in [3.8, 4) is 17.3 Å². The van der Waals surface area contributed by atoms with Crippen LogP contribution in [0.2, 0.25) is 0 Å². The van der Waals surface area contributed by atoms with E-state index in [1.54, 1.807) is 35.4 Å². The van der Waals surface area contributed by atoms with Crippen molar-refractivity contribution in [2.24, 2.45) is 7.05 Å².